The molecule has 0 atom stereocenters. The lowest BCUT2D eigenvalue weighted by Crippen LogP contribution is -2.47. The van der Waals surface area contributed by atoms with Crippen molar-refractivity contribution in [3.63, 3.8) is 0 Å². The normalized spacial score (nSPS) is 30.5. The number of carbonyl (C=O) groups excluding carboxylic acids is 1. The third kappa shape index (κ3) is 3.69. The Labute approximate surface area is 169 Å². The maximum Gasteiger partial charge on any atom is 0.230 e. The number of tetrazole rings is 1. The van der Waals surface area contributed by atoms with Crippen LogP contribution in [0.2, 0.25) is 0 Å². The maximum atomic E-state index is 12.4. The average Bonchev–Trinajstić information content (AvgIpc) is 3.14. The summed E-state index contributed by atoms with van der Waals surface area (Å²) in [6.07, 6.45) is 9.75. The monoisotopic (exact) mass is 397 g/mol. The van der Waals surface area contributed by atoms with Crippen molar-refractivity contribution in [3.05, 3.63) is 30.3 Å². The van der Waals surface area contributed by atoms with Gasteiger partial charge in [-0.25, -0.2) is 0 Å². The minimum atomic E-state index is 0.0670. The van der Waals surface area contributed by atoms with E-state index in [-0.39, 0.29) is 5.91 Å². The van der Waals surface area contributed by atoms with Crippen molar-refractivity contribution >= 4 is 17.7 Å². The van der Waals surface area contributed by atoms with Crippen LogP contribution in [-0.2, 0) is 4.79 Å². The summed E-state index contributed by atoms with van der Waals surface area (Å²) < 4.78 is 1.67. The predicted molar refractivity (Wildman–Crippen MR) is 108 cm³/mol. The first kappa shape index (κ1) is 18.2. The number of thioether (sulfide) groups is 1. The molecule has 6 rings (SSSR count). The second-order valence-electron chi connectivity index (χ2n) is 9.01. The van der Waals surface area contributed by atoms with E-state index in [9.17, 15) is 4.79 Å². The van der Waals surface area contributed by atoms with Crippen LogP contribution in [-0.4, -0.2) is 38.4 Å². The van der Waals surface area contributed by atoms with Crippen LogP contribution in [0.3, 0.4) is 0 Å². The highest BCUT2D eigenvalue weighted by Gasteiger charge is 2.50. The smallest absolute Gasteiger partial charge is 0.230 e. The van der Waals surface area contributed by atoms with Gasteiger partial charge in [-0.05, 0) is 90.7 Å². The Hall–Kier alpha value is -1.89. The molecular weight excluding hydrogens is 370 g/mol. The summed E-state index contributed by atoms with van der Waals surface area (Å²) in [5.74, 6) is 3.31. The number of aromatic nitrogens is 4. The Morgan fingerprint density at radius 2 is 1.79 bits per heavy atom. The Balaban J connectivity index is 1.11. The minimum Gasteiger partial charge on any atom is -0.355 e. The molecule has 0 spiro atoms. The Bertz CT molecular complexity index is 801. The van der Waals surface area contributed by atoms with Crippen molar-refractivity contribution in [1.82, 2.24) is 25.5 Å². The number of nitrogens with zero attached hydrogens (tertiary/aromatic N) is 4. The van der Waals surface area contributed by atoms with Gasteiger partial charge in [0, 0.05) is 6.54 Å². The Morgan fingerprint density at radius 1 is 1.11 bits per heavy atom. The molecule has 1 aromatic heterocycles. The van der Waals surface area contributed by atoms with E-state index in [0.717, 1.165) is 36.4 Å². The van der Waals surface area contributed by atoms with Gasteiger partial charge in [-0.2, -0.15) is 4.68 Å². The van der Waals surface area contributed by atoms with Crippen LogP contribution in [0.5, 0.6) is 0 Å². The standard InChI is InChI=1S/C21H27N5OS/c27-19(14-28-20-23-24-25-26(20)18-4-2-1-3-5-18)22-7-6-21-11-15-8-16(12-21)10-17(9-15)13-21/h1-5,15-17H,6-14H2,(H,22,27). The third-order valence-electron chi connectivity index (χ3n) is 6.92. The van der Waals surface area contributed by atoms with Gasteiger partial charge in [0.15, 0.2) is 0 Å². The number of amides is 1. The highest BCUT2D eigenvalue weighted by atomic mass is 32.2. The zero-order valence-corrected chi connectivity index (χ0v) is 16.9. The van der Waals surface area contributed by atoms with Crippen molar-refractivity contribution < 1.29 is 4.79 Å². The molecule has 4 saturated carbocycles. The predicted octanol–water partition coefficient (Wildman–Crippen LogP) is 3.48. The van der Waals surface area contributed by atoms with Gasteiger partial charge in [-0.1, -0.05) is 30.0 Å². The summed E-state index contributed by atoms with van der Waals surface area (Å²) in [5, 5.41) is 15.6. The molecule has 4 bridgehead atoms. The van der Waals surface area contributed by atoms with Crippen LogP contribution in [0.1, 0.15) is 44.9 Å². The summed E-state index contributed by atoms with van der Waals surface area (Å²) in [6.45, 7) is 0.801. The highest BCUT2D eigenvalue weighted by Crippen LogP contribution is 2.61. The molecule has 28 heavy (non-hydrogen) atoms. The largest absolute Gasteiger partial charge is 0.355 e. The van der Waals surface area contributed by atoms with Gasteiger partial charge >= 0.3 is 0 Å². The summed E-state index contributed by atoms with van der Waals surface area (Å²) in [7, 11) is 0. The second-order valence-corrected chi connectivity index (χ2v) is 9.96. The van der Waals surface area contributed by atoms with Crippen LogP contribution in [0.4, 0.5) is 0 Å². The number of nitrogens with one attached hydrogen (secondary N) is 1. The molecule has 1 N–H and O–H groups in total. The van der Waals surface area contributed by atoms with Gasteiger partial charge in [-0.15, -0.1) is 5.10 Å². The molecule has 6 nitrogen and oxygen atoms in total. The number of hydrogen-bond acceptors (Lipinski definition) is 5. The fraction of sp³-hybridized carbons (Fsp3) is 0.619. The first-order valence-corrected chi connectivity index (χ1v) is 11.4. The summed E-state index contributed by atoms with van der Waals surface area (Å²) in [6, 6.07) is 9.75. The number of carbonyl (C=O) groups is 1. The molecule has 1 aromatic carbocycles. The molecule has 148 valence electrons. The van der Waals surface area contributed by atoms with Crippen LogP contribution < -0.4 is 5.32 Å². The fourth-order valence-corrected chi connectivity index (χ4v) is 6.97. The fourth-order valence-electron chi connectivity index (χ4n) is 6.24. The molecule has 4 fully saturated rings. The highest BCUT2D eigenvalue weighted by molar-refractivity contribution is 7.99. The molecule has 4 aliphatic carbocycles. The molecule has 4 aliphatic rings. The van der Waals surface area contributed by atoms with Crippen molar-refractivity contribution in [2.75, 3.05) is 12.3 Å². The van der Waals surface area contributed by atoms with Gasteiger partial charge in [0.1, 0.15) is 0 Å². The van der Waals surface area contributed by atoms with Crippen LogP contribution in [0.25, 0.3) is 5.69 Å². The molecule has 7 heteroatoms. The summed E-state index contributed by atoms with van der Waals surface area (Å²) in [4.78, 5) is 12.4. The van der Waals surface area contributed by atoms with E-state index in [1.165, 1.54) is 50.3 Å². The van der Waals surface area contributed by atoms with Gasteiger partial charge in [0.2, 0.25) is 11.1 Å². The van der Waals surface area contributed by atoms with E-state index in [0.29, 0.717) is 16.3 Å². The topological polar surface area (TPSA) is 72.7 Å². The minimum absolute atomic E-state index is 0.0670. The number of benzene rings is 1. The number of para-hydroxylation sites is 1. The van der Waals surface area contributed by atoms with Gasteiger partial charge in [0.05, 0.1) is 11.4 Å². The van der Waals surface area contributed by atoms with Gasteiger partial charge in [-0.3, -0.25) is 4.79 Å². The summed E-state index contributed by atoms with van der Waals surface area (Å²) >= 11 is 1.38. The number of rotatable bonds is 7. The molecule has 1 heterocycles. The number of hydrogen-bond donors (Lipinski definition) is 1. The Morgan fingerprint density at radius 3 is 2.46 bits per heavy atom. The van der Waals surface area contributed by atoms with Crippen LogP contribution in [0, 0.1) is 23.2 Å². The van der Waals surface area contributed by atoms with Gasteiger partial charge < -0.3 is 5.32 Å². The lowest BCUT2D eigenvalue weighted by Gasteiger charge is -2.57. The van der Waals surface area contributed by atoms with Gasteiger partial charge in [0.25, 0.3) is 0 Å². The zero-order valence-electron chi connectivity index (χ0n) is 16.1. The Kier molecular flexibility index (Phi) is 4.87. The quantitative estimate of drug-likeness (QED) is 0.724. The zero-order chi connectivity index (χ0) is 19.0. The van der Waals surface area contributed by atoms with Crippen LogP contribution >= 0.6 is 11.8 Å². The van der Waals surface area contributed by atoms with E-state index in [1.807, 2.05) is 30.3 Å². The van der Waals surface area contributed by atoms with Crippen molar-refractivity contribution in [1.29, 1.82) is 0 Å². The van der Waals surface area contributed by atoms with Crippen molar-refractivity contribution in [3.8, 4) is 5.69 Å². The first-order chi connectivity index (χ1) is 13.7. The summed E-state index contributed by atoms with van der Waals surface area (Å²) in [5.41, 5.74) is 1.42. The average molecular weight is 398 g/mol. The van der Waals surface area contributed by atoms with E-state index in [4.69, 9.17) is 0 Å². The van der Waals surface area contributed by atoms with Crippen molar-refractivity contribution in [2.24, 2.45) is 23.2 Å². The SMILES string of the molecule is O=C(CSc1nnnn1-c1ccccc1)NCCC12CC3CC(CC(C3)C1)C2. The molecular formula is C21H27N5OS. The first-order valence-electron chi connectivity index (χ1n) is 10.4. The molecule has 2 aromatic rings. The van der Waals surface area contributed by atoms with Crippen molar-refractivity contribution in [2.45, 2.75) is 50.1 Å². The third-order valence-corrected chi connectivity index (χ3v) is 7.84. The molecule has 0 unspecified atom stereocenters. The second kappa shape index (κ2) is 7.50. The lowest BCUT2D eigenvalue weighted by atomic mass is 9.49. The van der Waals surface area contributed by atoms with Crippen LogP contribution in [0.15, 0.2) is 35.5 Å². The molecule has 0 saturated heterocycles. The van der Waals surface area contributed by atoms with E-state index in [1.54, 1.807) is 4.68 Å². The van der Waals surface area contributed by atoms with E-state index >= 15 is 0 Å². The van der Waals surface area contributed by atoms with E-state index < -0.39 is 0 Å². The van der Waals surface area contributed by atoms with E-state index in [2.05, 4.69) is 20.8 Å². The maximum absolute atomic E-state index is 12.4. The lowest BCUT2D eigenvalue weighted by molar-refractivity contribution is -0.119. The molecule has 0 radical (unpaired) electrons. The molecule has 0 aliphatic heterocycles. The molecule has 1 amide bonds.